The molecule has 2 amide bonds. The van der Waals surface area contributed by atoms with Gasteiger partial charge in [0, 0.05) is 17.1 Å². The van der Waals surface area contributed by atoms with Crippen molar-refractivity contribution in [3.63, 3.8) is 0 Å². The Bertz CT molecular complexity index is 951. The van der Waals surface area contributed by atoms with E-state index in [0.29, 0.717) is 22.9 Å². The molecular formula is C23H26ClFN2O4. The molecule has 1 aliphatic heterocycles. The van der Waals surface area contributed by atoms with E-state index in [1.807, 2.05) is 0 Å². The Morgan fingerprint density at radius 3 is 2.55 bits per heavy atom. The molecule has 2 aromatic rings. The number of benzene rings is 2. The number of nitrogens with two attached hydrogens (primary N) is 1. The molecule has 1 heterocycles. The molecule has 8 heteroatoms. The van der Waals surface area contributed by atoms with Crippen LogP contribution < -0.4 is 10.5 Å². The third-order valence-corrected chi connectivity index (χ3v) is 5.68. The lowest BCUT2D eigenvalue weighted by Gasteiger charge is -2.44. The fourth-order valence-corrected chi connectivity index (χ4v) is 3.93. The van der Waals surface area contributed by atoms with E-state index in [-0.39, 0.29) is 32.1 Å². The fourth-order valence-electron chi connectivity index (χ4n) is 3.81. The summed E-state index contributed by atoms with van der Waals surface area (Å²) in [6.07, 6.45) is -0.121. The van der Waals surface area contributed by atoms with Crippen LogP contribution in [0.2, 0.25) is 5.02 Å². The minimum atomic E-state index is -1.11. The van der Waals surface area contributed by atoms with Gasteiger partial charge >= 0.3 is 0 Å². The lowest BCUT2D eigenvalue weighted by atomic mass is 9.82. The lowest BCUT2D eigenvalue weighted by molar-refractivity contribution is -0.165. The van der Waals surface area contributed by atoms with Crippen LogP contribution in [-0.2, 0) is 19.7 Å². The van der Waals surface area contributed by atoms with Crippen molar-refractivity contribution < 1.29 is 23.5 Å². The van der Waals surface area contributed by atoms with Gasteiger partial charge in [-0.05, 0) is 44.2 Å². The summed E-state index contributed by atoms with van der Waals surface area (Å²) in [5, 5.41) is 0.570. The highest BCUT2D eigenvalue weighted by Crippen LogP contribution is 2.31. The summed E-state index contributed by atoms with van der Waals surface area (Å²) >= 11 is 5.90. The van der Waals surface area contributed by atoms with Gasteiger partial charge in [0.2, 0.25) is 11.8 Å². The molecule has 6 nitrogen and oxygen atoms in total. The van der Waals surface area contributed by atoms with Gasteiger partial charge in [-0.2, -0.15) is 0 Å². The van der Waals surface area contributed by atoms with Gasteiger partial charge in [-0.15, -0.1) is 0 Å². The molecule has 0 radical (unpaired) electrons. The van der Waals surface area contributed by atoms with E-state index in [4.69, 9.17) is 26.8 Å². The van der Waals surface area contributed by atoms with E-state index >= 15 is 0 Å². The first-order chi connectivity index (χ1) is 14.6. The first-order valence-electron chi connectivity index (χ1n) is 9.98. The molecule has 0 spiro atoms. The van der Waals surface area contributed by atoms with E-state index in [0.717, 1.165) is 0 Å². The van der Waals surface area contributed by atoms with Crippen molar-refractivity contribution in [3.05, 3.63) is 64.9 Å². The highest BCUT2D eigenvalue weighted by atomic mass is 35.5. The lowest BCUT2D eigenvalue weighted by Crippen LogP contribution is -2.60. The standard InChI is InChI=1S/C23H26ClFN2O4/c1-22(2,18-5-3-4-6-19(18)25)21(29)27-11-12-31-23(14-27,13-20(26)28)15-30-17-9-7-16(24)8-10-17/h3-10H,11-15H2,1-2H3,(H2,26,28)/t23-/m1/s1. The van der Waals surface area contributed by atoms with Gasteiger partial charge < -0.3 is 20.1 Å². The Kier molecular flexibility index (Phi) is 6.86. The summed E-state index contributed by atoms with van der Waals surface area (Å²) in [5.74, 6) is -0.723. The first-order valence-corrected chi connectivity index (χ1v) is 10.4. The normalized spacial score (nSPS) is 19.2. The zero-order chi connectivity index (χ0) is 22.6. The number of morpholine rings is 1. The summed E-state index contributed by atoms with van der Waals surface area (Å²) in [7, 11) is 0. The summed E-state index contributed by atoms with van der Waals surface area (Å²) in [5.41, 5.74) is 3.57. The predicted octanol–water partition coefficient (Wildman–Crippen LogP) is 3.31. The summed E-state index contributed by atoms with van der Waals surface area (Å²) in [6.45, 7) is 4.00. The topological polar surface area (TPSA) is 81.9 Å². The second-order valence-corrected chi connectivity index (χ2v) is 8.69. The first kappa shape index (κ1) is 23.0. The van der Waals surface area contributed by atoms with Crippen molar-refractivity contribution in [2.45, 2.75) is 31.3 Å². The molecule has 2 N–H and O–H groups in total. The molecule has 0 saturated carbocycles. The fraction of sp³-hybridized carbons (Fsp3) is 0.391. The molecule has 0 bridgehead atoms. The highest BCUT2D eigenvalue weighted by molar-refractivity contribution is 6.30. The number of halogens is 2. The van der Waals surface area contributed by atoms with Crippen LogP contribution in [0.5, 0.6) is 5.75 Å². The molecule has 0 aromatic heterocycles. The van der Waals surface area contributed by atoms with E-state index in [1.54, 1.807) is 61.2 Å². The minimum Gasteiger partial charge on any atom is -0.490 e. The SMILES string of the molecule is CC(C)(C(=O)N1CCO[C@](COc2ccc(Cl)cc2)(CC(N)=O)C1)c1ccccc1F. The molecule has 31 heavy (non-hydrogen) atoms. The molecule has 3 rings (SSSR count). The maximum Gasteiger partial charge on any atom is 0.232 e. The second kappa shape index (κ2) is 9.24. The minimum absolute atomic E-state index is 0.0154. The van der Waals surface area contributed by atoms with Crippen LogP contribution in [0, 0.1) is 5.82 Å². The van der Waals surface area contributed by atoms with Crippen molar-refractivity contribution in [1.29, 1.82) is 0 Å². The Morgan fingerprint density at radius 1 is 1.23 bits per heavy atom. The van der Waals surface area contributed by atoms with Crippen LogP contribution >= 0.6 is 11.6 Å². The molecule has 1 aliphatic rings. The van der Waals surface area contributed by atoms with Crippen LogP contribution in [0.3, 0.4) is 0 Å². The Labute approximate surface area is 186 Å². The van der Waals surface area contributed by atoms with Gasteiger partial charge in [0.05, 0.1) is 25.0 Å². The molecule has 2 aromatic carbocycles. The predicted molar refractivity (Wildman–Crippen MR) is 115 cm³/mol. The number of hydrogen-bond donors (Lipinski definition) is 1. The van der Waals surface area contributed by atoms with Crippen molar-refractivity contribution in [2.24, 2.45) is 5.73 Å². The molecule has 166 valence electrons. The number of rotatable bonds is 7. The van der Waals surface area contributed by atoms with E-state index in [2.05, 4.69) is 0 Å². The molecule has 0 aliphatic carbocycles. The van der Waals surface area contributed by atoms with Gasteiger partial charge in [0.1, 0.15) is 23.8 Å². The number of amides is 2. The third kappa shape index (κ3) is 5.35. The number of carbonyl (C=O) groups is 2. The van der Waals surface area contributed by atoms with Crippen molar-refractivity contribution in [1.82, 2.24) is 4.90 Å². The van der Waals surface area contributed by atoms with E-state index < -0.39 is 22.7 Å². The van der Waals surface area contributed by atoms with Crippen molar-refractivity contribution in [3.8, 4) is 5.75 Å². The monoisotopic (exact) mass is 448 g/mol. The molecular weight excluding hydrogens is 423 g/mol. The molecule has 1 saturated heterocycles. The van der Waals surface area contributed by atoms with E-state index in [9.17, 15) is 14.0 Å². The highest BCUT2D eigenvalue weighted by Gasteiger charge is 2.44. The van der Waals surface area contributed by atoms with Crippen LogP contribution in [-0.4, -0.2) is 48.6 Å². The van der Waals surface area contributed by atoms with Gasteiger partial charge in [-0.3, -0.25) is 9.59 Å². The number of nitrogens with zero attached hydrogens (tertiary/aromatic N) is 1. The summed E-state index contributed by atoms with van der Waals surface area (Å²) in [6, 6.07) is 13.0. The average Bonchev–Trinajstić information content (AvgIpc) is 2.72. The number of carbonyl (C=O) groups excluding carboxylic acids is 2. The molecule has 1 atom stereocenters. The average molecular weight is 449 g/mol. The van der Waals surface area contributed by atoms with Gasteiger partial charge in [0.25, 0.3) is 0 Å². The summed E-state index contributed by atoms with van der Waals surface area (Å²) < 4.78 is 26.1. The van der Waals surface area contributed by atoms with Crippen molar-refractivity contribution in [2.75, 3.05) is 26.3 Å². The Morgan fingerprint density at radius 2 is 1.90 bits per heavy atom. The molecule has 0 unspecified atom stereocenters. The van der Waals surface area contributed by atoms with Gasteiger partial charge in [-0.1, -0.05) is 29.8 Å². The smallest absolute Gasteiger partial charge is 0.232 e. The number of primary amides is 1. The van der Waals surface area contributed by atoms with Crippen molar-refractivity contribution >= 4 is 23.4 Å². The maximum atomic E-state index is 14.4. The van der Waals surface area contributed by atoms with Crippen LogP contribution in [0.25, 0.3) is 0 Å². The summed E-state index contributed by atoms with van der Waals surface area (Å²) in [4.78, 5) is 26.8. The maximum absolute atomic E-state index is 14.4. The van der Waals surface area contributed by atoms with Crippen LogP contribution in [0.15, 0.2) is 48.5 Å². The third-order valence-electron chi connectivity index (χ3n) is 5.43. The zero-order valence-corrected chi connectivity index (χ0v) is 18.3. The number of hydrogen-bond acceptors (Lipinski definition) is 4. The Balaban J connectivity index is 1.81. The Hall–Kier alpha value is -2.64. The largest absolute Gasteiger partial charge is 0.490 e. The van der Waals surface area contributed by atoms with Crippen LogP contribution in [0.1, 0.15) is 25.8 Å². The quantitative estimate of drug-likeness (QED) is 0.704. The second-order valence-electron chi connectivity index (χ2n) is 8.25. The van der Waals surface area contributed by atoms with E-state index in [1.165, 1.54) is 6.07 Å². The molecule has 1 fully saturated rings. The zero-order valence-electron chi connectivity index (χ0n) is 17.6. The number of ether oxygens (including phenoxy) is 2. The van der Waals surface area contributed by atoms with Crippen LogP contribution in [0.4, 0.5) is 4.39 Å². The van der Waals surface area contributed by atoms with Gasteiger partial charge in [0.15, 0.2) is 0 Å². The van der Waals surface area contributed by atoms with Gasteiger partial charge in [-0.25, -0.2) is 4.39 Å².